The van der Waals surface area contributed by atoms with Crippen LogP contribution in [0.1, 0.15) is 36.7 Å². The number of carbonyl (C=O) groups excluding carboxylic acids is 1. The van der Waals surface area contributed by atoms with Gasteiger partial charge in [-0.1, -0.05) is 32.9 Å². The number of benzene rings is 2. The van der Waals surface area contributed by atoms with Crippen LogP contribution in [0.3, 0.4) is 0 Å². The summed E-state index contributed by atoms with van der Waals surface area (Å²) >= 11 is 0. The Labute approximate surface area is 142 Å². The van der Waals surface area contributed by atoms with Crippen LogP contribution in [-0.2, 0) is 5.41 Å². The van der Waals surface area contributed by atoms with Crippen LogP contribution in [0.15, 0.2) is 36.4 Å². The molecule has 0 bridgehead atoms. The maximum atomic E-state index is 12.6. The third-order valence-corrected chi connectivity index (χ3v) is 3.76. The zero-order chi connectivity index (χ0) is 17.9. The lowest BCUT2D eigenvalue weighted by atomic mass is 9.87. The summed E-state index contributed by atoms with van der Waals surface area (Å²) in [4.78, 5) is 12.6. The second-order valence-corrected chi connectivity index (χ2v) is 6.48. The highest BCUT2D eigenvalue weighted by Crippen LogP contribution is 2.34. The maximum absolute atomic E-state index is 12.6. The smallest absolute Gasteiger partial charge is 0.259 e. The largest absolute Gasteiger partial charge is 0.506 e. The highest BCUT2D eigenvalue weighted by atomic mass is 16.5. The molecule has 0 heterocycles. The van der Waals surface area contributed by atoms with E-state index in [0.29, 0.717) is 22.7 Å². The normalized spacial score (nSPS) is 11.0. The molecule has 2 aromatic carbocycles. The van der Waals surface area contributed by atoms with Crippen molar-refractivity contribution in [3.8, 4) is 17.2 Å². The Morgan fingerprint density at radius 1 is 1.08 bits per heavy atom. The molecule has 0 radical (unpaired) electrons. The van der Waals surface area contributed by atoms with Gasteiger partial charge >= 0.3 is 0 Å². The molecular formula is C19H23NO4. The SMILES string of the molecule is COc1cccc(C(=O)Nc2cc(C(C)(C)C)ccc2O)c1OC. The lowest BCUT2D eigenvalue weighted by Gasteiger charge is -2.20. The molecule has 2 N–H and O–H groups in total. The number of ether oxygens (including phenoxy) is 2. The number of hydrogen-bond acceptors (Lipinski definition) is 4. The van der Waals surface area contributed by atoms with Gasteiger partial charge in [-0.05, 0) is 35.2 Å². The van der Waals surface area contributed by atoms with Gasteiger partial charge in [0.25, 0.3) is 5.91 Å². The van der Waals surface area contributed by atoms with Gasteiger partial charge in [-0.15, -0.1) is 0 Å². The van der Waals surface area contributed by atoms with E-state index in [0.717, 1.165) is 5.56 Å². The number of nitrogens with one attached hydrogen (secondary N) is 1. The molecule has 0 atom stereocenters. The fraction of sp³-hybridized carbons (Fsp3) is 0.316. The Morgan fingerprint density at radius 2 is 1.79 bits per heavy atom. The highest BCUT2D eigenvalue weighted by molar-refractivity contribution is 6.07. The van der Waals surface area contributed by atoms with E-state index in [-0.39, 0.29) is 17.1 Å². The van der Waals surface area contributed by atoms with Gasteiger partial charge in [0.2, 0.25) is 0 Å². The number of para-hydroxylation sites is 1. The number of methoxy groups -OCH3 is 2. The van der Waals surface area contributed by atoms with E-state index in [4.69, 9.17) is 9.47 Å². The van der Waals surface area contributed by atoms with Crippen molar-refractivity contribution < 1.29 is 19.4 Å². The first-order chi connectivity index (χ1) is 11.3. The van der Waals surface area contributed by atoms with Gasteiger partial charge in [-0.25, -0.2) is 0 Å². The van der Waals surface area contributed by atoms with E-state index >= 15 is 0 Å². The van der Waals surface area contributed by atoms with E-state index in [1.165, 1.54) is 14.2 Å². The van der Waals surface area contributed by atoms with Crippen LogP contribution < -0.4 is 14.8 Å². The molecule has 1 amide bonds. The predicted octanol–water partition coefficient (Wildman–Crippen LogP) is 3.96. The van der Waals surface area contributed by atoms with Crippen molar-refractivity contribution in [1.82, 2.24) is 0 Å². The maximum Gasteiger partial charge on any atom is 0.259 e. The fourth-order valence-electron chi connectivity index (χ4n) is 2.36. The summed E-state index contributed by atoms with van der Waals surface area (Å²) in [5.41, 5.74) is 1.60. The number of amides is 1. The zero-order valence-corrected chi connectivity index (χ0v) is 14.6. The van der Waals surface area contributed by atoms with Crippen molar-refractivity contribution in [2.45, 2.75) is 26.2 Å². The monoisotopic (exact) mass is 329 g/mol. The molecule has 2 aromatic rings. The molecule has 2 rings (SSSR count). The van der Waals surface area contributed by atoms with E-state index in [9.17, 15) is 9.90 Å². The molecule has 0 saturated heterocycles. The summed E-state index contributed by atoms with van der Waals surface area (Å²) in [7, 11) is 2.99. The first kappa shape index (κ1) is 17.7. The third kappa shape index (κ3) is 3.62. The van der Waals surface area contributed by atoms with Gasteiger partial charge in [-0.3, -0.25) is 4.79 Å². The second-order valence-electron chi connectivity index (χ2n) is 6.48. The van der Waals surface area contributed by atoms with Gasteiger partial charge in [0, 0.05) is 0 Å². The van der Waals surface area contributed by atoms with Crippen molar-refractivity contribution in [3.63, 3.8) is 0 Å². The fourth-order valence-corrected chi connectivity index (χ4v) is 2.36. The number of phenols is 1. The van der Waals surface area contributed by atoms with Gasteiger partial charge in [0.1, 0.15) is 5.75 Å². The average molecular weight is 329 g/mol. The van der Waals surface area contributed by atoms with Crippen LogP contribution in [0.4, 0.5) is 5.69 Å². The number of aromatic hydroxyl groups is 1. The molecular weight excluding hydrogens is 306 g/mol. The summed E-state index contributed by atoms with van der Waals surface area (Å²) in [6.45, 7) is 6.20. The van der Waals surface area contributed by atoms with Crippen LogP contribution >= 0.6 is 0 Å². The molecule has 0 aliphatic carbocycles. The number of phenolic OH excluding ortho intramolecular Hbond substituents is 1. The van der Waals surface area contributed by atoms with E-state index < -0.39 is 0 Å². The lowest BCUT2D eigenvalue weighted by Crippen LogP contribution is -2.16. The van der Waals surface area contributed by atoms with Crippen LogP contribution in [0.25, 0.3) is 0 Å². The zero-order valence-electron chi connectivity index (χ0n) is 14.6. The molecule has 0 saturated carbocycles. The van der Waals surface area contributed by atoms with Crippen molar-refractivity contribution in [2.75, 3.05) is 19.5 Å². The van der Waals surface area contributed by atoms with E-state index in [2.05, 4.69) is 26.1 Å². The quantitative estimate of drug-likeness (QED) is 0.833. The minimum atomic E-state index is -0.382. The molecule has 0 unspecified atom stereocenters. The van der Waals surface area contributed by atoms with Gasteiger partial charge in [0.15, 0.2) is 11.5 Å². The van der Waals surface area contributed by atoms with Crippen molar-refractivity contribution in [2.24, 2.45) is 0 Å². The molecule has 0 fully saturated rings. The number of anilines is 1. The molecule has 0 aliphatic heterocycles. The molecule has 0 aliphatic rings. The number of carbonyl (C=O) groups is 1. The third-order valence-electron chi connectivity index (χ3n) is 3.76. The summed E-state index contributed by atoms with van der Waals surface area (Å²) in [6, 6.07) is 10.3. The predicted molar refractivity (Wildman–Crippen MR) is 94.3 cm³/mol. The Hall–Kier alpha value is -2.69. The van der Waals surface area contributed by atoms with Crippen molar-refractivity contribution in [1.29, 1.82) is 0 Å². The van der Waals surface area contributed by atoms with Gasteiger partial charge in [0.05, 0.1) is 25.5 Å². The lowest BCUT2D eigenvalue weighted by molar-refractivity contribution is 0.102. The molecule has 5 nitrogen and oxygen atoms in total. The van der Waals surface area contributed by atoms with Crippen LogP contribution in [0.5, 0.6) is 17.2 Å². The first-order valence-corrected chi connectivity index (χ1v) is 7.63. The number of rotatable bonds is 4. The topological polar surface area (TPSA) is 67.8 Å². The molecule has 128 valence electrons. The standard InChI is InChI=1S/C19H23NO4/c1-19(2,3)12-9-10-15(21)14(11-12)20-18(22)13-7-6-8-16(23-4)17(13)24-5/h6-11,21H,1-5H3,(H,20,22). The van der Waals surface area contributed by atoms with Crippen molar-refractivity contribution >= 4 is 11.6 Å². The molecule has 0 spiro atoms. The van der Waals surface area contributed by atoms with Gasteiger partial charge in [-0.2, -0.15) is 0 Å². The Balaban J connectivity index is 2.37. The molecule has 24 heavy (non-hydrogen) atoms. The summed E-state index contributed by atoms with van der Waals surface area (Å²) in [5.74, 6) is 0.451. The molecule has 0 aromatic heterocycles. The summed E-state index contributed by atoms with van der Waals surface area (Å²) in [6.07, 6.45) is 0. The van der Waals surface area contributed by atoms with Gasteiger partial charge < -0.3 is 19.9 Å². The minimum Gasteiger partial charge on any atom is -0.506 e. The summed E-state index contributed by atoms with van der Waals surface area (Å²) < 4.78 is 10.5. The number of hydrogen-bond donors (Lipinski definition) is 2. The van der Waals surface area contributed by atoms with E-state index in [1.807, 2.05) is 6.07 Å². The van der Waals surface area contributed by atoms with E-state index in [1.54, 1.807) is 30.3 Å². The Morgan fingerprint density at radius 3 is 2.38 bits per heavy atom. The highest BCUT2D eigenvalue weighted by Gasteiger charge is 2.19. The second kappa shape index (κ2) is 6.83. The Kier molecular flexibility index (Phi) is 5.02. The average Bonchev–Trinajstić information content (AvgIpc) is 2.54. The van der Waals surface area contributed by atoms with Crippen LogP contribution in [0.2, 0.25) is 0 Å². The van der Waals surface area contributed by atoms with Crippen LogP contribution in [0, 0.1) is 0 Å². The van der Waals surface area contributed by atoms with Crippen LogP contribution in [-0.4, -0.2) is 25.2 Å². The van der Waals surface area contributed by atoms with Crippen molar-refractivity contribution in [3.05, 3.63) is 47.5 Å². The minimum absolute atomic E-state index is 0.0122. The molecule has 5 heteroatoms. The first-order valence-electron chi connectivity index (χ1n) is 7.63. The Bertz CT molecular complexity index is 748. The summed E-state index contributed by atoms with van der Waals surface area (Å²) in [5, 5.41) is 12.8.